The Morgan fingerprint density at radius 3 is 2.38 bits per heavy atom. The number of carboxylic acid groups (broad SMARTS) is 1. The van der Waals surface area contributed by atoms with Gasteiger partial charge in [-0.1, -0.05) is 0 Å². The molecular formula is C9H10FNO4S. The number of benzene rings is 1. The number of rotatable bonds is 3. The molecule has 0 aliphatic heterocycles. The minimum absolute atomic E-state index is 0.0279. The van der Waals surface area contributed by atoms with Crippen molar-refractivity contribution in [2.75, 3.05) is 17.6 Å². The molecule has 0 heterocycles. The normalized spacial score (nSPS) is 11.2. The topological polar surface area (TPSA) is 74.7 Å². The molecule has 0 fully saturated rings. The number of carboxylic acids is 1. The molecule has 5 nitrogen and oxygen atoms in total. The predicted octanol–water partition coefficient (Wildman–Crippen LogP) is 0.920. The quantitative estimate of drug-likeness (QED) is 0.861. The lowest BCUT2D eigenvalue weighted by Gasteiger charge is -2.16. The minimum atomic E-state index is -3.54. The van der Waals surface area contributed by atoms with Crippen LogP contribution in [0.4, 0.5) is 10.1 Å². The second kappa shape index (κ2) is 4.09. The minimum Gasteiger partial charge on any atom is -0.478 e. The standard InChI is InChI=1S/C9H10FNO4S/c1-11(16(2,14)15)8-4-6(9(12)13)3-7(10)5-8/h3-5H,1-2H3,(H,12,13). The van der Waals surface area contributed by atoms with Crippen LogP contribution in [0.15, 0.2) is 18.2 Å². The summed E-state index contributed by atoms with van der Waals surface area (Å²) in [5.74, 6) is -2.12. The zero-order valence-corrected chi connectivity index (χ0v) is 9.45. The first kappa shape index (κ1) is 12.4. The van der Waals surface area contributed by atoms with Crippen LogP contribution in [0.1, 0.15) is 10.4 Å². The molecule has 16 heavy (non-hydrogen) atoms. The van der Waals surface area contributed by atoms with Crippen LogP contribution < -0.4 is 4.31 Å². The van der Waals surface area contributed by atoms with E-state index in [2.05, 4.69) is 0 Å². The molecule has 0 aliphatic carbocycles. The Hall–Kier alpha value is -1.63. The molecule has 0 atom stereocenters. The van der Waals surface area contributed by atoms with E-state index in [4.69, 9.17) is 5.11 Å². The van der Waals surface area contributed by atoms with Gasteiger partial charge in [0.25, 0.3) is 0 Å². The summed E-state index contributed by atoms with van der Waals surface area (Å²) in [7, 11) is -2.32. The van der Waals surface area contributed by atoms with E-state index >= 15 is 0 Å². The van der Waals surface area contributed by atoms with Gasteiger partial charge in [0.05, 0.1) is 17.5 Å². The molecule has 7 heteroatoms. The van der Waals surface area contributed by atoms with Crippen molar-refractivity contribution in [1.82, 2.24) is 0 Å². The maximum atomic E-state index is 13.1. The fraction of sp³-hybridized carbons (Fsp3) is 0.222. The highest BCUT2D eigenvalue weighted by Crippen LogP contribution is 2.19. The molecule has 88 valence electrons. The average molecular weight is 247 g/mol. The van der Waals surface area contributed by atoms with Gasteiger partial charge in [-0.3, -0.25) is 4.31 Å². The van der Waals surface area contributed by atoms with E-state index in [1.807, 2.05) is 0 Å². The molecule has 1 aromatic rings. The van der Waals surface area contributed by atoms with Crippen LogP contribution in [-0.4, -0.2) is 32.8 Å². The SMILES string of the molecule is CN(c1cc(F)cc(C(=O)O)c1)S(C)(=O)=O. The summed E-state index contributed by atoms with van der Waals surface area (Å²) in [6.45, 7) is 0. The number of sulfonamides is 1. The lowest BCUT2D eigenvalue weighted by molar-refractivity contribution is 0.0696. The summed E-state index contributed by atoms with van der Waals surface area (Å²) in [5.41, 5.74) is -0.328. The molecule has 0 unspecified atom stereocenters. The summed E-state index contributed by atoms with van der Waals surface area (Å²) in [4.78, 5) is 10.6. The fourth-order valence-corrected chi connectivity index (χ4v) is 1.56. The van der Waals surface area contributed by atoms with Crippen molar-refractivity contribution in [3.63, 3.8) is 0 Å². The second-order valence-corrected chi connectivity index (χ2v) is 5.25. The van der Waals surface area contributed by atoms with E-state index in [0.717, 1.165) is 28.8 Å². The van der Waals surface area contributed by atoms with Crippen molar-refractivity contribution < 1.29 is 22.7 Å². The van der Waals surface area contributed by atoms with E-state index in [9.17, 15) is 17.6 Å². The molecule has 0 aromatic heterocycles. The van der Waals surface area contributed by atoms with Crippen molar-refractivity contribution in [2.45, 2.75) is 0 Å². The summed E-state index contributed by atoms with van der Waals surface area (Å²) >= 11 is 0. The number of carbonyl (C=O) groups is 1. The van der Waals surface area contributed by atoms with Gasteiger partial charge < -0.3 is 5.11 Å². The van der Waals surface area contributed by atoms with Gasteiger partial charge in [0, 0.05) is 7.05 Å². The van der Waals surface area contributed by atoms with Gasteiger partial charge in [-0.25, -0.2) is 17.6 Å². The molecule has 0 bridgehead atoms. The second-order valence-electron chi connectivity index (χ2n) is 3.23. The Morgan fingerprint density at radius 1 is 1.38 bits per heavy atom. The summed E-state index contributed by atoms with van der Waals surface area (Å²) < 4.78 is 36.2. The van der Waals surface area contributed by atoms with Gasteiger partial charge in [-0.05, 0) is 18.2 Å². The Morgan fingerprint density at radius 2 is 1.94 bits per heavy atom. The third-order valence-corrected chi connectivity index (χ3v) is 3.20. The Balaban J connectivity index is 3.31. The molecule has 0 aliphatic rings. The largest absolute Gasteiger partial charge is 0.478 e. The van der Waals surface area contributed by atoms with Gasteiger partial charge >= 0.3 is 5.97 Å². The average Bonchev–Trinajstić information content (AvgIpc) is 2.14. The fourth-order valence-electron chi connectivity index (χ4n) is 1.07. The van der Waals surface area contributed by atoms with Crippen molar-refractivity contribution in [1.29, 1.82) is 0 Å². The Bertz CT molecular complexity index is 526. The van der Waals surface area contributed by atoms with Gasteiger partial charge in [-0.2, -0.15) is 0 Å². The summed E-state index contributed by atoms with van der Waals surface area (Å²) in [5, 5.41) is 8.68. The maximum Gasteiger partial charge on any atom is 0.335 e. The highest BCUT2D eigenvalue weighted by molar-refractivity contribution is 7.92. The number of hydrogen-bond acceptors (Lipinski definition) is 3. The number of anilines is 1. The highest BCUT2D eigenvalue weighted by Gasteiger charge is 2.15. The van der Waals surface area contributed by atoms with E-state index in [-0.39, 0.29) is 11.3 Å². The maximum absolute atomic E-state index is 13.1. The van der Waals surface area contributed by atoms with Crippen LogP contribution in [0.3, 0.4) is 0 Å². The number of aromatic carboxylic acids is 1. The molecule has 1 N–H and O–H groups in total. The smallest absolute Gasteiger partial charge is 0.335 e. The van der Waals surface area contributed by atoms with Gasteiger partial charge in [0.1, 0.15) is 5.82 Å². The predicted molar refractivity (Wildman–Crippen MR) is 56.6 cm³/mol. The molecular weight excluding hydrogens is 237 g/mol. The van der Waals surface area contributed by atoms with Crippen LogP contribution in [0.5, 0.6) is 0 Å². The zero-order valence-electron chi connectivity index (χ0n) is 8.64. The lowest BCUT2D eigenvalue weighted by Crippen LogP contribution is -2.25. The first-order valence-electron chi connectivity index (χ1n) is 4.19. The van der Waals surface area contributed by atoms with Crippen LogP contribution in [0.2, 0.25) is 0 Å². The third-order valence-electron chi connectivity index (χ3n) is 1.99. The Labute approximate surface area is 92.2 Å². The molecule has 0 radical (unpaired) electrons. The first-order chi connectivity index (χ1) is 7.21. The van der Waals surface area contributed by atoms with E-state index in [0.29, 0.717) is 0 Å². The van der Waals surface area contributed by atoms with Crippen LogP contribution in [0, 0.1) is 5.82 Å². The summed E-state index contributed by atoms with van der Waals surface area (Å²) in [6.07, 6.45) is 0.943. The van der Waals surface area contributed by atoms with E-state index < -0.39 is 21.8 Å². The molecule has 1 rings (SSSR count). The van der Waals surface area contributed by atoms with Crippen molar-refractivity contribution >= 4 is 21.7 Å². The number of halogens is 1. The Kier molecular flexibility index (Phi) is 3.18. The highest BCUT2D eigenvalue weighted by atomic mass is 32.2. The van der Waals surface area contributed by atoms with Gasteiger partial charge in [0.15, 0.2) is 0 Å². The van der Waals surface area contributed by atoms with Crippen LogP contribution in [-0.2, 0) is 10.0 Å². The van der Waals surface area contributed by atoms with Crippen molar-refractivity contribution in [3.8, 4) is 0 Å². The number of nitrogens with zero attached hydrogens (tertiary/aromatic N) is 1. The lowest BCUT2D eigenvalue weighted by atomic mass is 10.2. The van der Waals surface area contributed by atoms with E-state index in [1.54, 1.807) is 0 Å². The van der Waals surface area contributed by atoms with Crippen LogP contribution in [0.25, 0.3) is 0 Å². The third kappa shape index (κ3) is 2.69. The molecule has 0 spiro atoms. The molecule has 0 amide bonds. The molecule has 0 saturated carbocycles. The first-order valence-corrected chi connectivity index (χ1v) is 6.04. The zero-order chi connectivity index (χ0) is 12.5. The van der Waals surface area contributed by atoms with Crippen molar-refractivity contribution in [2.24, 2.45) is 0 Å². The van der Waals surface area contributed by atoms with Crippen molar-refractivity contribution in [3.05, 3.63) is 29.6 Å². The van der Waals surface area contributed by atoms with Gasteiger partial charge in [-0.15, -0.1) is 0 Å². The monoisotopic (exact) mass is 247 g/mol. The number of hydrogen-bond donors (Lipinski definition) is 1. The van der Waals surface area contributed by atoms with E-state index in [1.165, 1.54) is 7.05 Å². The molecule has 1 aromatic carbocycles. The summed E-state index contributed by atoms with van der Waals surface area (Å²) in [6, 6.07) is 2.86. The van der Waals surface area contributed by atoms with Gasteiger partial charge in [0.2, 0.25) is 10.0 Å². The molecule has 0 saturated heterocycles. The van der Waals surface area contributed by atoms with Crippen LogP contribution >= 0.6 is 0 Å².